The van der Waals surface area contributed by atoms with Gasteiger partial charge in [-0.1, -0.05) is 26.5 Å². The van der Waals surface area contributed by atoms with Crippen LogP contribution in [0.4, 0.5) is 0 Å². The minimum atomic E-state index is -1.52. The number of nitrogens with zero attached hydrogens (tertiary/aromatic N) is 3. The van der Waals surface area contributed by atoms with Crippen LogP contribution in [0.15, 0.2) is 119 Å². The lowest BCUT2D eigenvalue weighted by atomic mass is 9.78. The van der Waals surface area contributed by atoms with Gasteiger partial charge < -0.3 is 19.9 Å². The fourth-order valence-electron chi connectivity index (χ4n) is 7.45. The number of hydrogen-bond acceptors (Lipinski definition) is 9. The zero-order valence-corrected chi connectivity index (χ0v) is 27.7. The number of aliphatic hydroxyl groups excluding tert-OH is 1. The first kappa shape index (κ1) is 31.2. The summed E-state index contributed by atoms with van der Waals surface area (Å²) in [5, 5.41) is 15.5. The quantitative estimate of drug-likeness (QED) is 0.323. The van der Waals surface area contributed by atoms with E-state index in [1.54, 1.807) is 6.92 Å². The molecule has 1 unspecified atom stereocenters. The van der Waals surface area contributed by atoms with Gasteiger partial charge in [0.1, 0.15) is 5.76 Å². The number of aliphatic imine (C=N–C) groups is 3. The van der Waals surface area contributed by atoms with Gasteiger partial charge in [0.05, 0.1) is 48.4 Å². The Labute approximate surface area is 269 Å². The van der Waals surface area contributed by atoms with Crippen LogP contribution >= 0.6 is 0 Å². The second-order valence-corrected chi connectivity index (χ2v) is 12.6. The van der Waals surface area contributed by atoms with Gasteiger partial charge >= 0.3 is 11.9 Å². The summed E-state index contributed by atoms with van der Waals surface area (Å²) in [6, 6.07) is 0. The lowest BCUT2D eigenvalue weighted by molar-refractivity contribution is -0.148. The van der Waals surface area contributed by atoms with Crippen molar-refractivity contribution < 1.29 is 24.2 Å². The molecule has 0 aromatic heterocycles. The average molecular weight is 621 g/mol. The Morgan fingerprint density at radius 1 is 1.02 bits per heavy atom. The maximum absolute atomic E-state index is 13.6. The molecule has 0 aromatic rings. The number of nitrogens with one attached hydrogen (secondary N) is 1. The summed E-state index contributed by atoms with van der Waals surface area (Å²) in [6.07, 6.45) is 9.24. The summed E-state index contributed by atoms with van der Waals surface area (Å²) in [7, 11) is 2.69. The molecular formula is C37H40N4O5. The van der Waals surface area contributed by atoms with Crippen molar-refractivity contribution in [2.75, 3.05) is 14.2 Å². The van der Waals surface area contributed by atoms with Gasteiger partial charge in [-0.05, 0) is 81.1 Å². The van der Waals surface area contributed by atoms with Crippen LogP contribution < -0.4 is 5.32 Å². The first-order chi connectivity index (χ1) is 21.9. The van der Waals surface area contributed by atoms with E-state index in [9.17, 15) is 14.7 Å². The lowest BCUT2D eigenvalue weighted by Crippen LogP contribution is -2.35. The fourth-order valence-corrected chi connectivity index (χ4v) is 7.45. The smallest absolute Gasteiger partial charge is 0.323 e. The van der Waals surface area contributed by atoms with Crippen LogP contribution in [-0.4, -0.2) is 48.4 Å². The summed E-state index contributed by atoms with van der Waals surface area (Å²) in [5.41, 5.74) is 10.4. The molecule has 1 saturated heterocycles. The van der Waals surface area contributed by atoms with Crippen LogP contribution in [0.1, 0.15) is 60.8 Å². The standard InChI is InChI=1S/C37H40N4O5/c1-10-21-17(3)24-14-26-19(5)23(12-13-30(42)45-8)33(40-26)32-34-31(35(43)37(32,7)36(44)46-9)20(6)27(41-34)16-29-22(11-2)18(4)25(39-29)15-28(21)38-24/h10,14-16,19,23,40,43H,1,11-13H2,2-9H3/t19-,23-,37?/m0/s1. The van der Waals surface area contributed by atoms with Crippen molar-refractivity contribution >= 4 is 29.1 Å². The molecule has 9 nitrogen and oxygen atoms in total. The van der Waals surface area contributed by atoms with E-state index in [1.807, 2.05) is 38.2 Å². The first-order valence-corrected chi connectivity index (χ1v) is 15.7. The number of fused-ring (bicyclic) bond motifs is 5. The molecule has 0 spiro atoms. The minimum absolute atomic E-state index is 0.0954. The van der Waals surface area contributed by atoms with Crippen LogP contribution in [-0.2, 0) is 19.1 Å². The number of carbonyl (C=O) groups is 2. The van der Waals surface area contributed by atoms with E-state index < -0.39 is 11.4 Å². The van der Waals surface area contributed by atoms with Crippen molar-refractivity contribution in [1.29, 1.82) is 0 Å². The predicted octanol–water partition coefficient (Wildman–Crippen LogP) is 6.59. The van der Waals surface area contributed by atoms with Crippen LogP contribution in [0, 0.1) is 17.3 Å². The normalized spacial score (nSPS) is 26.6. The molecule has 6 rings (SSSR count). The molecule has 0 saturated carbocycles. The highest BCUT2D eigenvalue weighted by Crippen LogP contribution is 2.54. The van der Waals surface area contributed by atoms with Crippen molar-refractivity contribution in [1.82, 2.24) is 5.32 Å². The van der Waals surface area contributed by atoms with E-state index in [-0.39, 0.29) is 30.0 Å². The number of allylic oxidation sites excluding steroid dienone is 11. The second kappa shape index (κ2) is 11.2. The molecule has 8 bridgehead atoms. The molecule has 3 atom stereocenters. The number of hydrogen-bond donors (Lipinski definition) is 2. The van der Waals surface area contributed by atoms with Gasteiger partial charge in [-0.15, -0.1) is 0 Å². The number of methoxy groups -OCH3 is 2. The molecule has 5 aliphatic heterocycles. The first-order valence-electron chi connectivity index (χ1n) is 15.7. The summed E-state index contributed by atoms with van der Waals surface area (Å²) >= 11 is 0. The Kier molecular flexibility index (Phi) is 7.61. The van der Waals surface area contributed by atoms with Crippen LogP contribution in [0.5, 0.6) is 0 Å². The van der Waals surface area contributed by atoms with Gasteiger partial charge in [0.15, 0.2) is 5.41 Å². The maximum atomic E-state index is 13.6. The second-order valence-electron chi connectivity index (χ2n) is 12.6. The van der Waals surface area contributed by atoms with E-state index in [0.29, 0.717) is 29.0 Å². The number of ether oxygens (including phenoxy) is 2. The lowest BCUT2D eigenvalue weighted by Gasteiger charge is -2.27. The molecule has 2 N–H and O–H groups in total. The molecule has 1 aliphatic carbocycles. The number of esters is 2. The third-order valence-corrected chi connectivity index (χ3v) is 10.3. The molecule has 0 amide bonds. The van der Waals surface area contributed by atoms with Crippen LogP contribution in [0.2, 0.25) is 0 Å². The number of rotatable bonds is 6. The predicted molar refractivity (Wildman–Crippen MR) is 179 cm³/mol. The van der Waals surface area contributed by atoms with E-state index >= 15 is 0 Å². The average Bonchev–Trinajstić information content (AvgIpc) is 3.76. The van der Waals surface area contributed by atoms with Crippen molar-refractivity contribution in [3.63, 3.8) is 0 Å². The molecule has 0 radical (unpaired) electrons. The summed E-state index contributed by atoms with van der Waals surface area (Å²) in [6.45, 7) is 16.0. The zero-order chi connectivity index (χ0) is 33.2. The molecule has 1 fully saturated rings. The van der Waals surface area contributed by atoms with Gasteiger partial charge in [-0.3, -0.25) is 9.59 Å². The highest BCUT2D eigenvalue weighted by atomic mass is 16.5. The minimum Gasteiger partial charge on any atom is -0.510 e. The summed E-state index contributed by atoms with van der Waals surface area (Å²) < 4.78 is 10.3. The van der Waals surface area contributed by atoms with Crippen molar-refractivity contribution in [2.45, 2.75) is 60.8 Å². The molecular weight excluding hydrogens is 580 g/mol. The van der Waals surface area contributed by atoms with Crippen molar-refractivity contribution in [2.24, 2.45) is 32.2 Å². The van der Waals surface area contributed by atoms with E-state index in [4.69, 9.17) is 24.5 Å². The Bertz CT molecular complexity index is 1880. The SMILES string of the molecule is C=CC1=C(C)C2=NC1=CC1=NC(=CC3=C(C)C4=C(O)C(C)(C(=O)OC)C(=C5NC(=C2)[C@@H](C)[C@@H]5CCC(=O)OC)C4=N3)C(CC)=C1C. The zero-order valence-electron chi connectivity index (χ0n) is 27.7. The van der Waals surface area contributed by atoms with Crippen molar-refractivity contribution in [3.8, 4) is 0 Å². The molecule has 5 heterocycles. The number of aliphatic hydroxyl groups is 1. The maximum Gasteiger partial charge on any atom is 0.323 e. The number of carbonyl (C=O) groups excluding carboxylic acids is 2. The molecule has 238 valence electrons. The van der Waals surface area contributed by atoms with E-state index in [0.717, 1.165) is 68.5 Å². The topological polar surface area (TPSA) is 122 Å². The van der Waals surface area contributed by atoms with E-state index in [1.165, 1.54) is 14.2 Å². The summed E-state index contributed by atoms with van der Waals surface area (Å²) in [4.78, 5) is 41.2. The monoisotopic (exact) mass is 620 g/mol. The van der Waals surface area contributed by atoms with Crippen molar-refractivity contribution in [3.05, 3.63) is 104 Å². The Morgan fingerprint density at radius 3 is 2.37 bits per heavy atom. The van der Waals surface area contributed by atoms with Gasteiger partial charge in [0.25, 0.3) is 0 Å². The largest absolute Gasteiger partial charge is 0.510 e. The van der Waals surface area contributed by atoms with Gasteiger partial charge in [0, 0.05) is 46.4 Å². The molecule has 6 aliphatic rings. The Balaban J connectivity index is 1.69. The van der Waals surface area contributed by atoms with Gasteiger partial charge in [0.2, 0.25) is 0 Å². The Morgan fingerprint density at radius 2 is 1.72 bits per heavy atom. The highest BCUT2D eigenvalue weighted by Gasteiger charge is 2.57. The van der Waals surface area contributed by atoms with E-state index in [2.05, 4.69) is 32.7 Å². The van der Waals surface area contributed by atoms with Gasteiger partial charge in [-0.2, -0.15) is 0 Å². The summed E-state index contributed by atoms with van der Waals surface area (Å²) in [5.74, 6) is -1.35. The Hall–Kier alpha value is -4.79. The highest BCUT2D eigenvalue weighted by molar-refractivity contribution is 6.25. The van der Waals surface area contributed by atoms with Gasteiger partial charge in [-0.25, -0.2) is 15.0 Å². The molecule has 9 heteroatoms. The van der Waals surface area contributed by atoms with Crippen LogP contribution in [0.3, 0.4) is 0 Å². The molecule has 46 heavy (non-hydrogen) atoms. The third-order valence-electron chi connectivity index (χ3n) is 10.3. The van der Waals surface area contributed by atoms with Crippen LogP contribution in [0.25, 0.3) is 0 Å². The fraction of sp³-hybridized carbons (Fsp3) is 0.378. The third kappa shape index (κ3) is 4.39. The molecule has 0 aromatic carbocycles.